The first-order valence-corrected chi connectivity index (χ1v) is 11.2. The molecule has 0 unspecified atom stereocenters. The standard InChI is InChI=1S/C13H13P.C10H15.C2H4O2.CH3.Ir/c1-14(12-8-4-2-5-9-12)13-10-6-3-7-11-13;1-6-7(2)9(4)10(5)8(6)3;1-2(3)4;;/h2-11H,1H3;1-5H3;1H3,(H,3,4);1H3;/q;;;-1;. The molecule has 3 rings (SSSR count). The first-order chi connectivity index (χ1) is 13.2. The van der Waals surface area contributed by atoms with Crippen LogP contribution in [0.5, 0.6) is 0 Å². The van der Waals surface area contributed by atoms with E-state index in [9.17, 15) is 0 Å². The van der Waals surface area contributed by atoms with Gasteiger partial charge < -0.3 is 12.5 Å². The number of carbonyl (C=O) groups is 1. The minimum atomic E-state index is -0.833. The molecule has 0 saturated carbocycles. The van der Waals surface area contributed by atoms with Gasteiger partial charge in [-0.25, -0.2) is 0 Å². The third-order valence-electron chi connectivity index (χ3n) is 5.10. The Morgan fingerprint density at radius 3 is 1.17 bits per heavy atom. The van der Waals surface area contributed by atoms with Crippen molar-refractivity contribution in [3.63, 3.8) is 0 Å². The summed E-state index contributed by atoms with van der Waals surface area (Å²) in [6.07, 6.45) is 0. The van der Waals surface area contributed by atoms with Gasteiger partial charge >= 0.3 is 0 Å². The average molecular weight is 603 g/mol. The van der Waals surface area contributed by atoms with Crippen molar-refractivity contribution in [1.82, 2.24) is 0 Å². The zero-order valence-electron chi connectivity index (χ0n) is 19.4. The van der Waals surface area contributed by atoms with E-state index < -0.39 is 5.97 Å². The van der Waals surface area contributed by atoms with E-state index in [1.165, 1.54) is 38.8 Å². The van der Waals surface area contributed by atoms with Crippen LogP contribution >= 0.6 is 7.92 Å². The fraction of sp³-hybridized carbons (Fsp3) is 0.269. The van der Waals surface area contributed by atoms with E-state index in [0.29, 0.717) is 0 Å². The number of benzene rings is 2. The Morgan fingerprint density at radius 2 is 0.967 bits per heavy atom. The molecule has 2 aromatic carbocycles. The van der Waals surface area contributed by atoms with Crippen LogP contribution in [0.1, 0.15) is 41.5 Å². The third kappa shape index (κ3) is 9.52. The van der Waals surface area contributed by atoms with Gasteiger partial charge in [-0.1, -0.05) is 78.7 Å². The fourth-order valence-corrected chi connectivity index (χ4v) is 4.40. The molecule has 1 aliphatic carbocycles. The van der Waals surface area contributed by atoms with Crippen LogP contribution in [-0.2, 0) is 24.9 Å². The molecule has 0 heterocycles. The summed E-state index contributed by atoms with van der Waals surface area (Å²) in [4.78, 5) is 9.00. The van der Waals surface area contributed by atoms with Crippen molar-refractivity contribution < 1.29 is 30.0 Å². The predicted molar refractivity (Wildman–Crippen MR) is 130 cm³/mol. The minimum absolute atomic E-state index is 0. The number of hydrogen-bond acceptors (Lipinski definition) is 1. The van der Waals surface area contributed by atoms with Crippen LogP contribution in [0.25, 0.3) is 0 Å². The molecule has 0 saturated heterocycles. The second-order valence-electron chi connectivity index (χ2n) is 6.87. The molecule has 166 valence electrons. The van der Waals surface area contributed by atoms with Crippen LogP contribution in [0.15, 0.2) is 83.0 Å². The van der Waals surface area contributed by atoms with Gasteiger partial charge in [0.2, 0.25) is 0 Å². The zero-order chi connectivity index (χ0) is 21.3. The van der Waals surface area contributed by atoms with Crippen LogP contribution in [0.4, 0.5) is 0 Å². The van der Waals surface area contributed by atoms with E-state index in [1.807, 2.05) is 0 Å². The maximum Gasteiger partial charge on any atom is 0.300 e. The third-order valence-corrected chi connectivity index (χ3v) is 7.24. The Labute approximate surface area is 198 Å². The Hall–Kier alpha value is -1.53. The fourth-order valence-electron chi connectivity index (χ4n) is 2.86. The number of rotatable bonds is 2. The van der Waals surface area contributed by atoms with Crippen molar-refractivity contribution >= 4 is 24.5 Å². The molecule has 0 aromatic heterocycles. The Balaban J connectivity index is 0. The van der Waals surface area contributed by atoms with Crippen molar-refractivity contribution in [2.45, 2.75) is 41.5 Å². The van der Waals surface area contributed by atoms with Crippen molar-refractivity contribution in [2.75, 3.05) is 6.66 Å². The summed E-state index contributed by atoms with van der Waals surface area (Å²) in [7, 11) is -0.171. The van der Waals surface area contributed by atoms with Crippen LogP contribution in [0.2, 0.25) is 0 Å². The van der Waals surface area contributed by atoms with Crippen LogP contribution < -0.4 is 10.6 Å². The summed E-state index contributed by atoms with van der Waals surface area (Å²) >= 11 is 0. The number of carboxylic acids is 1. The molecule has 0 amide bonds. The Bertz CT molecular complexity index is 759. The van der Waals surface area contributed by atoms with E-state index in [4.69, 9.17) is 9.90 Å². The predicted octanol–water partition coefficient (Wildman–Crippen LogP) is 6.55. The van der Waals surface area contributed by atoms with Gasteiger partial charge in [0, 0.05) is 32.9 Å². The number of aliphatic carboxylic acids is 1. The molecule has 2 aromatic rings. The number of hydrogen-bond donors (Lipinski definition) is 1. The van der Waals surface area contributed by atoms with Gasteiger partial charge in [-0.15, -0.1) is 0 Å². The normalized spacial score (nSPS) is 12.8. The monoisotopic (exact) mass is 603 g/mol. The zero-order valence-corrected chi connectivity index (χ0v) is 22.7. The molecule has 2 nitrogen and oxygen atoms in total. The molecular weight excluding hydrogens is 567 g/mol. The first kappa shape index (κ1) is 30.7. The van der Waals surface area contributed by atoms with Gasteiger partial charge in [-0.3, -0.25) is 4.79 Å². The van der Waals surface area contributed by atoms with Gasteiger partial charge in [0.05, 0.1) is 0 Å². The van der Waals surface area contributed by atoms with Gasteiger partial charge in [0.15, 0.2) is 0 Å². The summed E-state index contributed by atoms with van der Waals surface area (Å²) in [6.45, 7) is 14.4. The van der Waals surface area contributed by atoms with Crippen molar-refractivity contribution in [1.29, 1.82) is 0 Å². The second-order valence-corrected chi connectivity index (χ2v) is 9.02. The molecule has 1 N–H and O–H groups in total. The molecule has 0 aliphatic heterocycles. The average Bonchev–Trinajstić information content (AvgIpc) is 2.86. The number of carboxylic acid groups (broad SMARTS) is 1. The van der Waals surface area contributed by atoms with Crippen molar-refractivity contribution in [3.8, 4) is 0 Å². The van der Waals surface area contributed by atoms with Gasteiger partial charge in [-0.2, -0.15) is 0 Å². The Morgan fingerprint density at radius 1 is 0.700 bits per heavy atom. The van der Waals surface area contributed by atoms with Crippen LogP contribution in [0, 0.1) is 13.3 Å². The van der Waals surface area contributed by atoms with E-state index >= 15 is 0 Å². The van der Waals surface area contributed by atoms with Crippen molar-refractivity contribution in [3.05, 3.63) is 96.3 Å². The maximum atomic E-state index is 9.00. The molecular formula is C26H35IrO2P-. The van der Waals surface area contributed by atoms with Crippen LogP contribution in [-0.4, -0.2) is 17.7 Å². The molecule has 2 radical (unpaired) electrons. The molecule has 0 atom stereocenters. The molecule has 30 heavy (non-hydrogen) atoms. The second kappa shape index (κ2) is 15.3. The first-order valence-electron chi connectivity index (χ1n) is 9.39. The number of allylic oxidation sites excluding steroid dienone is 4. The summed E-state index contributed by atoms with van der Waals surface area (Å²) < 4.78 is 0. The molecule has 0 bridgehead atoms. The topological polar surface area (TPSA) is 37.3 Å². The van der Waals surface area contributed by atoms with Gasteiger partial charge in [0.25, 0.3) is 5.97 Å². The van der Waals surface area contributed by atoms with Gasteiger partial charge in [0.1, 0.15) is 0 Å². The smallest absolute Gasteiger partial charge is 0.300 e. The summed E-state index contributed by atoms with van der Waals surface area (Å²) in [5.41, 5.74) is 5.87. The Kier molecular flexibility index (Phi) is 15.6. The summed E-state index contributed by atoms with van der Waals surface area (Å²) in [6, 6.07) is 21.4. The van der Waals surface area contributed by atoms with Gasteiger partial charge in [-0.05, 0) is 64.0 Å². The molecule has 0 fully saturated rings. The SMILES string of the molecule is CC(=O)O.CP(c1ccccc1)c1ccccc1.C[C]1C(C)=C(C)C(C)=C1C.[CH3-].[Ir]. The van der Waals surface area contributed by atoms with E-state index in [2.05, 4.69) is 102 Å². The summed E-state index contributed by atoms with van der Waals surface area (Å²) in [5, 5.41) is 10.3. The van der Waals surface area contributed by atoms with E-state index in [-0.39, 0.29) is 35.5 Å². The van der Waals surface area contributed by atoms with E-state index in [1.54, 1.807) is 0 Å². The largest absolute Gasteiger partial charge is 0.481 e. The molecule has 0 spiro atoms. The molecule has 1 aliphatic rings. The van der Waals surface area contributed by atoms with Crippen molar-refractivity contribution in [2.24, 2.45) is 0 Å². The molecule has 4 heteroatoms. The maximum absolute atomic E-state index is 9.00. The van der Waals surface area contributed by atoms with Crippen LogP contribution in [0.3, 0.4) is 0 Å². The quantitative estimate of drug-likeness (QED) is 0.313. The van der Waals surface area contributed by atoms with E-state index in [0.717, 1.165) is 6.92 Å². The minimum Gasteiger partial charge on any atom is -0.481 e. The summed E-state index contributed by atoms with van der Waals surface area (Å²) in [5.74, 6) is 0.634.